The summed E-state index contributed by atoms with van der Waals surface area (Å²) < 4.78 is 0. The zero-order valence-corrected chi connectivity index (χ0v) is 3.57. The van der Waals surface area contributed by atoms with Crippen molar-refractivity contribution in [2.75, 3.05) is 0 Å². The van der Waals surface area contributed by atoms with Crippen molar-refractivity contribution >= 4 is 0 Å². The average Bonchev–Trinajstić information content (AvgIpc) is 2.21. The summed E-state index contributed by atoms with van der Waals surface area (Å²) in [5.74, 6) is 1.43. The fourth-order valence-corrected chi connectivity index (χ4v) is 0.377. The van der Waals surface area contributed by atoms with Crippen LogP contribution >= 0.6 is 0 Å². The van der Waals surface area contributed by atoms with Gasteiger partial charge in [-0.1, -0.05) is 0 Å². The van der Waals surface area contributed by atoms with Crippen LogP contribution in [0.3, 0.4) is 0 Å². The molecule has 0 aromatic rings. The minimum Gasteiger partial charge on any atom is -0.198 e. The first-order chi connectivity index (χ1) is 2.93. The van der Waals surface area contributed by atoms with Gasteiger partial charge in [0, 0.05) is 6.42 Å². The van der Waals surface area contributed by atoms with Crippen molar-refractivity contribution in [1.29, 1.82) is 5.26 Å². The maximum atomic E-state index is 8.01. The van der Waals surface area contributed by atoms with Gasteiger partial charge in [-0.15, -0.1) is 0 Å². The number of hydrogen-bond acceptors (Lipinski definition) is 1. The SMILES string of the molecule is N#CC[C]1CC1. The lowest BCUT2D eigenvalue weighted by molar-refractivity contribution is 1.19. The monoisotopic (exact) mass is 80.1 g/mol. The Bertz CT molecular complexity index is 76.4. The lowest BCUT2D eigenvalue weighted by Crippen LogP contribution is -1.61. The Morgan fingerprint density at radius 1 is 1.67 bits per heavy atom. The third-order valence-electron chi connectivity index (χ3n) is 0.933. The molecule has 0 heterocycles. The van der Waals surface area contributed by atoms with Crippen LogP contribution in [0.5, 0.6) is 0 Å². The van der Waals surface area contributed by atoms with E-state index in [1.54, 1.807) is 0 Å². The molecule has 1 nitrogen and oxygen atoms in total. The highest BCUT2D eigenvalue weighted by molar-refractivity contribution is 5.10. The Morgan fingerprint density at radius 2 is 2.33 bits per heavy atom. The molecule has 0 amide bonds. The van der Waals surface area contributed by atoms with Gasteiger partial charge in [-0.3, -0.25) is 0 Å². The first kappa shape index (κ1) is 3.67. The van der Waals surface area contributed by atoms with Crippen LogP contribution in [0.1, 0.15) is 19.3 Å². The molecule has 31 valence electrons. The first-order valence-corrected chi connectivity index (χ1v) is 2.14. The Kier molecular flexibility index (Phi) is 0.795. The summed E-state index contributed by atoms with van der Waals surface area (Å²) in [5, 5.41) is 8.01. The molecular weight excluding hydrogens is 74.1 g/mol. The van der Waals surface area contributed by atoms with Crippen LogP contribution in [-0.2, 0) is 0 Å². The van der Waals surface area contributed by atoms with Gasteiger partial charge in [-0.2, -0.15) is 5.26 Å². The number of hydrogen-bond donors (Lipinski definition) is 0. The van der Waals surface area contributed by atoms with Gasteiger partial charge >= 0.3 is 0 Å². The van der Waals surface area contributed by atoms with E-state index in [0.29, 0.717) is 6.42 Å². The predicted octanol–water partition coefficient (Wildman–Crippen LogP) is 1.27. The maximum absolute atomic E-state index is 8.01. The summed E-state index contributed by atoms with van der Waals surface area (Å²) in [7, 11) is 0. The summed E-state index contributed by atoms with van der Waals surface area (Å²) in [4.78, 5) is 0. The van der Waals surface area contributed by atoms with E-state index in [4.69, 9.17) is 5.26 Å². The molecule has 0 spiro atoms. The molecule has 0 bridgehead atoms. The topological polar surface area (TPSA) is 23.8 Å². The molecule has 0 unspecified atom stereocenters. The van der Waals surface area contributed by atoms with Crippen LogP contribution in [0.2, 0.25) is 0 Å². The van der Waals surface area contributed by atoms with E-state index >= 15 is 0 Å². The van der Waals surface area contributed by atoms with Crippen molar-refractivity contribution in [2.24, 2.45) is 0 Å². The van der Waals surface area contributed by atoms with E-state index in [-0.39, 0.29) is 0 Å². The average molecular weight is 80.1 g/mol. The molecule has 1 aliphatic rings. The maximum Gasteiger partial charge on any atom is 0.0627 e. The Balaban J connectivity index is 2.05. The summed E-state index contributed by atoms with van der Waals surface area (Å²) in [6, 6.07) is 2.09. The largest absolute Gasteiger partial charge is 0.198 e. The van der Waals surface area contributed by atoms with Crippen molar-refractivity contribution < 1.29 is 0 Å². The molecule has 1 radical (unpaired) electrons. The highest BCUT2D eigenvalue weighted by atomic mass is 14.3. The van der Waals surface area contributed by atoms with Gasteiger partial charge in [0.2, 0.25) is 0 Å². The Labute approximate surface area is 37.6 Å². The third-order valence-corrected chi connectivity index (χ3v) is 0.933. The Morgan fingerprint density at radius 3 is 2.50 bits per heavy atom. The summed E-state index contributed by atoms with van der Waals surface area (Å²) >= 11 is 0. The summed E-state index contributed by atoms with van der Waals surface area (Å²) in [6.07, 6.45) is 3.14. The third kappa shape index (κ3) is 0.718. The molecule has 0 aliphatic heterocycles. The van der Waals surface area contributed by atoms with Crippen LogP contribution in [0.4, 0.5) is 0 Å². The van der Waals surface area contributed by atoms with Crippen LogP contribution in [0.15, 0.2) is 0 Å². The smallest absolute Gasteiger partial charge is 0.0627 e. The minimum absolute atomic E-state index is 0.708. The molecule has 6 heavy (non-hydrogen) atoms. The predicted molar refractivity (Wildman–Crippen MR) is 22.7 cm³/mol. The zero-order valence-electron chi connectivity index (χ0n) is 3.57. The van der Waals surface area contributed by atoms with Crippen LogP contribution < -0.4 is 0 Å². The van der Waals surface area contributed by atoms with Crippen molar-refractivity contribution in [3.63, 3.8) is 0 Å². The zero-order chi connectivity index (χ0) is 4.41. The van der Waals surface area contributed by atoms with Gasteiger partial charge in [-0.05, 0) is 18.8 Å². The standard InChI is InChI=1S/C5H6N/c6-4-3-5-1-2-5/h1-3H2. The molecule has 0 aromatic heterocycles. The van der Waals surface area contributed by atoms with E-state index in [0.717, 1.165) is 0 Å². The van der Waals surface area contributed by atoms with Gasteiger partial charge in [0.05, 0.1) is 6.07 Å². The molecule has 0 atom stereocenters. The second kappa shape index (κ2) is 1.30. The first-order valence-electron chi connectivity index (χ1n) is 2.14. The molecule has 1 rings (SSSR count). The van der Waals surface area contributed by atoms with Crippen LogP contribution in [-0.4, -0.2) is 0 Å². The number of rotatable bonds is 1. The van der Waals surface area contributed by atoms with E-state index < -0.39 is 0 Å². The van der Waals surface area contributed by atoms with Gasteiger partial charge < -0.3 is 0 Å². The van der Waals surface area contributed by atoms with Crippen LogP contribution in [0, 0.1) is 17.2 Å². The summed E-state index contributed by atoms with van der Waals surface area (Å²) in [6.45, 7) is 0. The molecule has 1 fully saturated rings. The van der Waals surface area contributed by atoms with Gasteiger partial charge in [0.15, 0.2) is 0 Å². The number of nitrogens with zero attached hydrogens (tertiary/aromatic N) is 1. The van der Waals surface area contributed by atoms with E-state index in [2.05, 4.69) is 6.07 Å². The molecule has 1 aliphatic carbocycles. The van der Waals surface area contributed by atoms with Gasteiger partial charge in [0.1, 0.15) is 0 Å². The lowest BCUT2D eigenvalue weighted by Gasteiger charge is -1.69. The molecule has 1 saturated carbocycles. The minimum atomic E-state index is 0.708. The summed E-state index contributed by atoms with van der Waals surface area (Å²) in [5.41, 5.74) is 0. The van der Waals surface area contributed by atoms with Crippen LogP contribution in [0.25, 0.3) is 0 Å². The van der Waals surface area contributed by atoms with Crippen molar-refractivity contribution in [2.45, 2.75) is 19.3 Å². The van der Waals surface area contributed by atoms with Crippen molar-refractivity contribution in [1.82, 2.24) is 0 Å². The Hall–Kier alpha value is -0.510. The molecule has 0 N–H and O–H groups in total. The quantitative estimate of drug-likeness (QED) is 0.465. The molecule has 0 aromatic carbocycles. The fourth-order valence-electron chi connectivity index (χ4n) is 0.377. The van der Waals surface area contributed by atoms with Gasteiger partial charge in [-0.25, -0.2) is 0 Å². The van der Waals surface area contributed by atoms with Crippen molar-refractivity contribution in [3.8, 4) is 6.07 Å². The molecule has 1 heteroatoms. The second-order valence-corrected chi connectivity index (χ2v) is 1.58. The van der Waals surface area contributed by atoms with E-state index in [1.165, 1.54) is 18.8 Å². The van der Waals surface area contributed by atoms with E-state index in [9.17, 15) is 0 Å². The normalized spacial score (nSPS) is 19.8. The molecule has 0 saturated heterocycles. The highest BCUT2D eigenvalue weighted by Crippen LogP contribution is 2.34. The number of nitriles is 1. The van der Waals surface area contributed by atoms with Gasteiger partial charge in [0.25, 0.3) is 0 Å². The highest BCUT2D eigenvalue weighted by Gasteiger charge is 2.20. The van der Waals surface area contributed by atoms with Crippen molar-refractivity contribution in [3.05, 3.63) is 5.92 Å². The fraction of sp³-hybridized carbons (Fsp3) is 0.600. The lowest BCUT2D eigenvalue weighted by atomic mass is 10.3. The molecular formula is C5H6N. The second-order valence-electron chi connectivity index (χ2n) is 1.58. The van der Waals surface area contributed by atoms with E-state index in [1.807, 2.05) is 0 Å².